The number of carbonyl (C=O) groups excluding carboxylic acids is 3. The summed E-state index contributed by atoms with van der Waals surface area (Å²) in [4.78, 5) is 36.5. The van der Waals surface area contributed by atoms with Crippen molar-refractivity contribution in [2.24, 2.45) is 0 Å². The van der Waals surface area contributed by atoms with Crippen LogP contribution in [0.25, 0.3) is 5.69 Å². The number of amides is 2. The Morgan fingerprint density at radius 1 is 1.03 bits per heavy atom. The number of hydrogen-bond acceptors (Lipinski definition) is 5. The molecule has 0 bridgehead atoms. The van der Waals surface area contributed by atoms with Gasteiger partial charge in [-0.1, -0.05) is 18.2 Å². The monoisotopic (exact) mass is 498 g/mol. The zero-order valence-electron chi connectivity index (χ0n) is 19.3. The van der Waals surface area contributed by atoms with E-state index in [1.165, 1.54) is 0 Å². The molecule has 0 fully saturated rings. The third-order valence-electron chi connectivity index (χ3n) is 5.33. The first kappa shape index (κ1) is 26.0. The molecule has 0 saturated heterocycles. The number of anilines is 1. The maximum atomic E-state index is 12.6. The standard InChI is InChI=1S/C25H21F3N4O4/c1-15-16(2)32(19-6-4-3-5-7-19)23(20(15)12-29)31-21(33)14-36-22(34)13-30-24(35)17-8-10-18(11-9-17)25(26,27)28/h3-11H,13-14H2,1-2H3,(H,30,35)(H,31,33). The summed E-state index contributed by atoms with van der Waals surface area (Å²) < 4.78 is 44.4. The largest absolute Gasteiger partial charge is 0.454 e. The van der Waals surface area contributed by atoms with Crippen LogP contribution >= 0.6 is 0 Å². The van der Waals surface area contributed by atoms with Gasteiger partial charge >= 0.3 is 12.1 Å². The van der Waals surface area contributed by atoms with E-state index in [0.29, 0.717) is 5.56 Å². The van der Waals surface area contributed by atoms with Crippen molar-refractivity contribution < 1.29 is 32.3 Å². The van der Waals surface area contributed by atoms with E-state index in [1.807, 2.05) is 30.3 Å². The predicted molar refractivity (Wildman–Crippen MR) is 123 cm³/mol. The van der Waals surface area contributed by atoms with Crippen molar-refractivity contribution in [3.05, 3.63) is 82.5 Å². The number of ether oxygens (including phenoxy) is 1. The summed E-state index contributed by atoms with van der Waals surface area (Å²) in [5.41, 5.74) is 1.42. The highest BCUT2D eigenvalue weighted by atomic mass is 19.4. The minimum absolute atomic E-state index is 0.0787. The van der Waals surface area contributed by atoms with Gasteiger partial charge in [-0.15, -0.1) is 0 Å². The summed E-state index contributed by atoms with van der Waals surface area (Å²) in [6.07, 6.45) is -4.53. The molecule has 1 aromatic heterocycles. The Balaban J connectivity index is 1.58. The smallest absolute Gasteiger partial charge is 0.416 e. The lowest BCUT2D eigenvalue weighted by molar-refractivity contribution is -0.146. The van der Waals surface area contributed by atoms with Crippen LogP contribution in [-0.4, -0.2) is 35.5 Å². The van der Waals surface area contributed by atoms with Gasteiger partial charge in [-0.25, -0.2) is 0 Å². The van der Waals surface area contributed by atoms with E-state index in [2.05, 4.69) is 16.7 Å². The van der Waals surface area contributed by atoms with Gasteiger partial charge < -0.3 is 15.4 Å². The number of hydrogen-bond donors (Lipinski definition) is 2. The molecular weight excluding hydrogens is 477 g/mol. The fourth-order valence-corrected chi connectivity index (χ4v) is 3.39. The van der Waals surface area contributed by atoms with E-state index in [9.17, 15) is 32.8 Å². The minimum Gasteiger partial charge on any atom is -0.454 e. The van der Waals surface area contributed by atoms with Crippen LogP contribution in [0.3, 0.4) is 0 Å². The highest BCUT2D eigenvalue weighted by molar-refractivity contribution is 5.97. The fraction of sp³-hybridized carbons (Fsp3) is 0.200. The second-order valence-corrected chi connectivity index (χ2v) is 7.68. The number of rotatable bonds is 7. The molecule has 1 heterocycles. The zero-order chi connectivity index (χ0) is 26.5. The van der Waals surface area contributed by atoms with Crippen molar-refractivity contribution in [3.8, 4) is 11.8 Å². The number of nitrogens with one attached hydrogen (secondary N) is 2. The van der Waals surface area contributed by atoms with Crippen molar-refractivity contribution in [1.29, 1.82) is 5.26 Å². The molecule has 0 atom stereocenters. The second kappa shape index (κ2) is 10.8. The van der Waals surface area contributed by atoms with Gasteiger partial charge in [0.15, 0.2) is 6.61 Å². The Hall–Kier alpha value is -4.59. The number of alkyl halides is 3. The Bertz CT molecular complexity index is 1320. The molecule has 186 valence electrons. The number of benzene rings is 2. The Labute approximate surface area is 204 Å². The number of carbonyl (C=O) groups is 3. The molecule has 8 nitrogen and oxygen atoms in total. The molecule has 2 N–H and O–H groups in total. The SMILES string of the molecule is Cc1c(C#N)c(NC(=O)COC(=O)CNC(=O)c2ccc(C(F)(F)F)cc2)n(-c2ccccc2)c1C. The van der Waals surface area contributed by atoms with E-state index in [0.717, 1.165) is 35.6 Å². The van der Waals surface area contributed by atoms with Gasteiger partial charge in [0.25, 0.3) is 11.8 Å². The number of aromatic nitrogens is 1. The number of nitrogens with zero attached hydrogens (tertiary/aromatic N) is 2. The average molecular weight is 498 g/mol. The summed E-state index contributed by atoms with van der Waals surface area (Å²) in [6, 6.07) is 14.6. The molecule has 3 aromatic rings. The highest BCUT2D eigenvalue weighted by Gasteiger charge is 2.30. The first-order chi connectivity index (χ1) is 17.0. The maximum absolute atomic E-state index is 12.6. The third kappa shape index (κ3) is 5.90. The number of halogens is 3. The van der Waals surface area contributed by atoms with Gasteiger partial charge in [0, 0.05) is 16.9 Å². The molecule has 0 aliphatic rings. The molecule has 36 heavy (non-hydrogen) atoms. The molecule has 2 aromatic carbocycles. The topological polar surface area (TPSA) is 113 Å². The molecule has 0 aliphatic heterocycles. The van der Waals surface area contributed by atoms with Crippen LogP contribution < -0.4 is 10.6 Å². The van der Waals surface area contributed by atoms with Crippen molar-refractivity contribution >= 4 is 23.6 Å². The molecule has 3 rings (SSSR count). The normalized spacial score (nSPS) is 10.9. The van der Waals surface area contributed by atoms with Crippen LogP contribution in [0, 0.1) is 25.2 Å². The summed E-state index contributed by atoms with van der Waals surface area (Å²) in [7, 11) is 0. The van der Waals surface area contributed by atoms with Gasteiger partial charge in [0.2, 0.25) is 0 Å². The van der Waals surface area contributed by atoms with Crippen molar-refractivity contribution in [3.63, 3.8) is 0 Å². The Kier molecular flexibility index (Phi) is 7.79. The average Bonchev–Trinajstić information content (AvgIpc) is 3.09. The molecule has 0 spiro atoms. The van der Waals surface area contributed by atoms with E-state index >= 15 is 0 Å². The van der Waals surface area contributed by atoms with Crippen LogP contribution in [0.5, 0.6) is 0 Å². The maximum Gasteiger partial charge on any atom is 0.416 e. The molecule has 0 aliphatic carbocycles. The van der Waals surface area contributed by atoms with Gasteiger partial charge in [-0.3, -0.25) is 19.0 Å². The second-order valence-electron chi connectivity index (χ2n) is 7.68. The first-order valence-corrected chi connectivity index (χ1v) is 10.6. The van der Waals surface area contributed by atoms with Crippen LogP contribution in [0.2, 0.25) is 0 Å². The highest BCUT2D eigenvalue weighted by Crippen LogP contribution is 2.30. The first-order valence-electron chi connectivity index (χ1n) is 10.6. The minimum atomic E-state index is -4.53. The lowest BCUT2D eigenvalue weighted by atomic mass is 10.1. The van der Waals surface area contributed by atoms with Crippen molar-refractivity contribution in [2.45, 2.75) is 20.0 Å². The summed E-state index contributed by atoms with van der Waals surface area (Å²) in [5, 5.41) is 14.4. The number of esters is 1. The van der Waals surface area contributed by atoms with Crippen LogP contribution in [0.4, 0.5) is 19.0 Å². The lowest BCUT2D eigenvalue weighted by Gasteiger charge is -2.13. The molecule has 11 heteroatoms. The molecule has 2 amide bonds. The quantitative estimate of drug-likeness (QED) is 0.480. The number of nitriles is 1. The van der Waals surface area contributed by atoms with Crippen LogP contribution in [-0.2, 0) is 20.5 Å². The predicted octanol–water partition coefficient (Wildman–Crippen LogP) is 3.90. The van der Waals surface area contributed by atoms with Crippen LogP contribution in [0.1, 0.15) is 32.7 Å². The van der Waals surface area contributed by atoms with Gasteiger partial charge in [-0.2, -0.15) is 18.4 Å². The van der Waals surface area contributed by atoms with Gasteiger partial charge in [0.1, 0.15) is 18.4 Å². The fourth-order valence-electron chi connectivity index (χ4n) is 3.39. The van der Waals surface area contributed by atoms with E-state index < -0.39 is 42.7 Å². The Morgan fingerprint density at radius 2 is 1.67 bits per heavy atom. The molecule has 0 saturated carbocycles. The number of para-hydroxylation sites is 1. The molecule has 0 unspecified atom stereocenters. The third-order valence-corrected chi connectivity index (χ3v) is 5.33. The zero-order valence-corrected chi connectivity index (χ0v) is 19.3. The van der Waals surface area contributed by atoms with E-state index in [1.54, 1.807) is 18.4 Å². The molecular formula is C25H21F3N4O4. The van der Waals surface area contributed by atoms with E-state index in [4.69, 9.17) is 4.74 Å². The van der Waals surface area contributed by atoms with Gasteiger partial charge in [-0.05, 0) is 55.8 Å². The summed E-state index contributed by atoms with van der Waals surface area (Å²) >= 11 is 0. The Morgan fingerprint density at radius 3 is 2.25 bits per heavy atom. The summed E-state index contributed by atoms with van der Waals surface area (Å²) in [6.45, 7) is 2.27. The van der Waals surface area contributed by atoms with Crippen molar-refractivity contribution in [1.82, 2.24) is 9.88 Å². The van der Waals surface area contributed by atoms with Crippen LogP contribution in [0.15, 0.2) is 54.6 Å². The van der Waals surface area contributed by atoms with Crippen molar-refractivity contribution in [2.75, 3.05) is 18.5 Å². The molecule has 0 radical (unpaired) electrons. The lowest BCUT2D eigenvalue weighted by Crippen LogP contribution is -2.32. The van der Waals surface area contributed by atoms with Gasteiger partial charge in [0.05, 0.1) is 11.1 Å². The van der Waals surface area contributed by atoms with E-state index in [-0.39, 0.29) is 16.9 Å². The summed E-state index contributed by atoms with van der Waals surface area (Å²) in [5.74, 6) is -2.19.